The van der Waals surface area contributed by atoms with E-state index in [2.05, 4.69) is 48.4 Å². The van der Waals surface area contributed by atoms with Crippen molar-refractivity contribution in [3.63, 3.8) is 0 Å². The van der Waals surface area contributed by atoms with E-state index in [9.17, 15) is 4.79 Å². The predicted molar refractivity (Wildman–Crippen MR) is 102 cm³/mol. The number of carbonyl (C=O) groups is 1. The van der Waals surface area contributed by atoms with Gasteiger partial charge in [0, 0.05) is 37.6 Å². The van der Waals surface area contributed by atoms with Crippen molar-refractivity contribution in [2.24, 2.45) is 7.05 Å². The second kappa shape index (κ2) is 6.17. The molecule has 0 unspecified atom stereocenters. The molecule has 1 aromatic carbocycles. The maximum Gasteiger partial charge on any atom is 0.270 e. The van der Waals surface area contributed by atoms with Gasteiger partial charge in [-0.3, -0.25) is 9.69 Å². The zero-order chi connectivity index (χ0) is 17.7. The third-order valence-corrected chi connectivity index (χ3v) is 6.34. The maximum atomic E-state index is 13.1. The monoisotopic (exact) mass is 339 g/mol. The van der Waals surface area contributed by atoms with Gasteiger partial charge in [0.1, 0.15) is 5.69 Å². The van der Waals surface area contributed by atoms with Crippen molar-refractivity contribution in [1.29, 1.82) is 0 Å². The number of aryl methyl sites for hydroxylation is 3. The molecule has 2 aliphatic heterocycles. The van der Waals surface area contributed by atoms with Gasteiger partial charge in [-0.25, -0.2) is 0 Å². The van der Waals surface area contributed by atoms with Gasteiger partial charge in [0.25, 0.3) is 5.91 Å². The highest BCUT2D eigenvalue weighted by Gasteiger charge is 2.38. The van der Waals surface area contributed by atoms with Crippen LogP contribution in [0.2, 0.25) is 0 Å². The highest BCUT2D eigenvalue weighted by Crippen LogP contribution is 2.30. The summed E-state index contributed by atoms with van der Waals surface area (Å²) in [5, 5.41) is 1.20. The van der Waals surface area contributed by atoms with Crippen LogP contribution in [-0.2, 0) is 7.05 Å². The van der Waals surface area contributed by atoms with Crippen molar-refractivity contribution in [3.05, 3.63) is 35.0 Å². The molecule has 0 radical (unpaired) electrons. The van der Waals surface area contributed by atoms with Crippen molar-refractivity contribution in [3.8, 4) is 0 Å². The van der Waals surface area contributed by atoms with E-state index in [0.29, 0.717) is 12.1 Å². The summed E-state index contributed by atoms with van der Waals surface area (Å²) in [6, 6.07) is 7.54. The van der Waals surface area contributed by atoms with Crippen LogP contribution in [0.3, 0.4) is 0 Å². The Bertz CT molecular complexity index is 816. The Morgan fingerprint density at radius 3 is 2.60 bits per heavy atom. The average molecular weight is 339 g/mol. The Morgan fingerprint density at radius 2 is 1.92 bits per heavy atom. The molecule has 0 saturated carbocycles. The van der Waals surface area contributed by atoms with Crippen LogP contribution < -0.4 is 0 Å². The number of hydrogen-bond acceptors (Lipinski definition) is 2. The molecule has 25 heavy (non-hydrogen) atoms. The minimum atomic E-state index is 0.191. The van der Waals surface area contributed by atoms with Gasteiger partial charge in [0.2, 0.25) is 0 Å². The SMILES string of the molecule is Cc1c(C(=O)N2CC(N3CCCC[C@H]3C)C2)n(C)c2c(C)cccc12. The van der Waals surface area contributed by atoms with Gasteiger partial charge >= 0.3 is 0 Å². The summed E-state index contributed by atoms with van der Waals surface area (Å²) < 4.78 is 2.10. The number of aromatic nitrogens is 1. The third-order valence-electron chi connectivity index (χ3n) is 6.34. The lowest BCUT2D eigenvalue weighted by Gasteiger charge is -2.49. The molecule has 2 fully saturated rings. The molecule has 4 heteroatoms. The molecule has 134 valence electrons. The summed E-state index contributed by atoms with van der Waals surface area (Å²) in [7, 11) is 2.03. The van der Waals surface area contributed by atoms with Crippen LogP contribution in [0.1, 0.15) is 47.8 Å². The topological polar surface area (TPSA) is 28.5 Å². The number of hydrogen-bond donors (Lipinski definition) is 0. The molecule has 1 amide bonds. The van der Waals surface area contributed by atoms with Gasteiger partial charge in [-0.1, -0.05) is 24.6 Å². The number of fused-ring (bicyclic) bond motifs is 1. The summed E-state index contributed by atoms with van der Waals surface area (Å²) in [5.41, 5.74) is 4.38. The van der Waals surface area contributed by atoms with Crippen LogP contribution in [0, 0.1) is 13.8 Å². The molecule has 0 aliphatic carbocycles. The van der Waals surface area contributed by atoms with Crippen LogP contribution in [0.25, 0.3) is 10.9 Å². The number of likely N-dealkylation sites (tertiary alicyclic amines) is 2. The van der Waals surface area contributed by atoms with E-state index in [1.54, 1.807) is 0 Å². The van der Waals surface area contributed by atoms with Crippen molar-refractivity contribution in [1.82, 2.24) is 14.4 Å². The first-order valence-corrected chi connectivity index (χ1v) is 9.58. The molecule has 0 N–H and O–H groups in total. The number of nitrogens with zero attached hydrogens (tertiary/aromatic N) is 3. The van der Waals surface area contributed by atoms with Crippen molar-refractivity contribution < 1.29 is 4.79 Å². The van der Waals surface area contributed by atoms with E-state index in [4.69, 9.17) is 0 Å². The normalized spacial score (nSPS) is 22.4. The Morgan fingerprint density at radius 1 is 1.16 bits per heavy atom. The van der Waals surface area contributed by atoms with E-state index < -0.39 is 0 Å². The second-order valence-electron chi connectivity index (χ2n) is 7.95. The first-order valence-electron chi connectivity index (χ1n) is 9.58. The predicted octanol–water partition coefficient (Wildman–Crippen LogP) is 3.49. The molecule has 4 rings (SSSR count). The molecule has 2 aliphatic rings. The fraction of sp³-hybridized carbons (Fsp3) is 0.571. The molecule has 1 atom stereocenters. The molecule has 4 nitrogen and oxygen atoms in total. The Balaban J connectivity index is 1.55. The van der Waals surface area contributed by atoms with Crippen LogP contribution in [0.5, 0.6) is 0 Å². The number of carbonyl (C=O) groups excluding carboxylic acids is 1. The largest absolute Gasteiger partial charge is 0.339 e. The first kappa shape index (κ1) is 16.6. The average Bonchev–Trinajstić information content (AvgIpc) is 2.80. The number of piperidine rings is 1. The van der Waals surface area contributed by atoms with Crippen LogP contribution in [-0.4, -0.2) is 52.0 Å². The summed E-state index contributed by atoms with van der Waals surface area (Å²) in [6.07, 6.45) is 3.95. The molecule has 0 spiro atoms. The lowest BCUT2D eigenvalue weighted by molar-refractivity contribution is 0.00160. The number of rotatable bonds is 2. The summed E-state index contributed by atoms with van der Waals surface area (Å²) in [4.78, 5) is 17.8. The third kappa shape index (κ3) is 2.58. The van der Waals surface area contributed by atoms with E-state index in [-0.39, 0.29) is 5.91 Å². The standard InChI is InChI=1S/C21H29N3O/c1-14-8-7-10-18-16(3)20(22(4)19(14)18)21(25)23-12-17(13-23)24-11-6-5-9-15(24)2/h7-8,10,15,17H,5-6,9,11-13H2,1-4H3/t15-/m1/s1. The van der Waals surface area contributed by atoms with E-state index in [1.807, 2.05) is 11.9 Å². The number of amides is 1. The van der Waals surface area contributed by atoms with Gasteiger partial charge < -0.3 is 9.47 Å². The number of para-hydroxylation sites is 1. The first-order chi connectivity index (χ1) is 12.0. The molecular formula is C21H29N3O. The fourth-order valence-corrected chi connectivity index (χ4v) is 4.85. The molecule has 0 bridgehead atoms. The summed E-state index contributed by atoms with van der Waals surface area (Å²) in [6.45, 7) is 9.49. The van der Waals surface area contributed by atoms with Crippen LogP contribution in [0.15, 0.2) is 18.2 Å². The van der Waals surface area contributed by atoms with E-state index in [0.717, 1.165) is 24.3 Å². The molecule has 1 aromatic heterocycles. The van der Waals surface area contributed by atoms with Crippen molar-refractivity contribution in [2.75, 3.05) is 19.6 Å². The fourth-order valence-electron chi connectivity index (χ4n) is 4.85. The van der Waals surface area contributed by atoms with Crippen LogP contribution >= 0.6 is 0 Å². The highest BCUT2D eigenvalue weighted by molar-refractivity contribution is 6.02. The number of benzene rings is 1. The van der Waals surface area contributed by atoms with E-state index in [1.165, 1.54) is 42.3 Å². The summed E-state index contributed by atoms with van der Waals surface area (Å²) >= 11 is 0. The molecule has 2 aromatic rings. The quantitative estimate of drug-likeness (QED) is 0.838. The summed E-state index contributed by atoms with van der Waals surface area (Å²) in [5.74, 6) is 0.191. The zero-order valence-electron chi connectivity index (χ0n) is 15.9. The van der Waals surface area contributed by atoms with Gasteiger partial charge in [-0.2, -0.15) is 0 Å². The van der Waals surface area contributed by atoms with Crippen molar-refractivity contribution in [2.45, 2.75) is 52.1 Å². The van der Waals surface area contributed by atoms with E-state index >= 15 is 0 Å². The lowest BCUT2D eigenvalue weighted by Crippen LogP contribution is -2.63. The van der Waals surface area contributed by atoms with Gasteiger partial charge in [0.15, 0.2) is 0 Å². The Hall–Kier alpha value is -1.81. The van der Waals surface area contributed by atoms with Crippen molar-refractivity contribution >= 4 is 16.8 Å². The molecule has 2 saturated heterocycles. The lowest BCUT2D eigenvalue weighted by atomic mass is 9.97. The Labute approximate surface area is 150 Å². The highest BCUT2D eigenvalue weighted by atomic mass is 16.2. The van der Waals surface area contributed by atoms with Crippen LogP contribution in [0.4, 0.5) is 0 Å². The minimum Gasteiger partial charge on any atom is -0.339 e. The Kier molecular flexibility index (Phi) is 4.11. The van der Waals surface area contributed by atoms with Gasteiger partial charge in [-0.15, -0.1) is 0 Å². The maximum absolute atomic E-state index is 13.1. The minimum absolute atomic E-state index is 0.191. The van der Waals surface area contributed by atoms with Gasteiger partial charge in [0.05, 0.1) is 5.52 Å². The van der Waals surface area contributed by atoms with Gasteiger partial charge in [-0.05, 0) is 51.3 Å². The second-order valence-corrected chi connectivity index (χ2v) is 7.95. The molecular weight excluding hydrogens is 310 g/mol. The zero-order valence-corrected chi connectivity index (χ0v) is 15.9. The molecule has 3 heterocycles. The smallest absolute Gasteiger partial charge is 0.270 e.